The smallest absolute Gasteiger partial charge is 0.469 e. The third-order valence-corrected chi connectivity index (χ3v) is 2.19. The van der Waals surface area contributed by atoms with Crippen molar-refractivity contribution in [3.8, 4) is 0 Å². The minimum absolute atomic E-state index is 0.0602. The predicted octanol–water partition coefficient (Wildman–Crippen LogP) is 1.63. The van der Waals surface area contributed by atoms with Crippen molar-refractivity contribution in [3.63, 3.8) is 0 Å². The summed E-state index contributed by atoms with van der Waals surface area (Å²) in [6, 6.07) is 0. The molecule has 0 aliphatic carbocycles. The number of alkyl halides is 3. The van der Waals surface area contributed by atoms with E-state index in [1.807, 2.05) is 0 Å². The Kier molecular flexibility index (Phi) is 2.74. The lowest BCUT2D eigenvalue weighted by Crippen LogP contribution is -2.25. The van der Waals surface area contributed by atoms with Crippen LogP contribution in [0.2, 0.25) is 0 Å². The van der Waals surface area contributed by atoms with Gasteiger partial charge in [0.15, 0.2) is 5.76 Å². The van der Waals surface area contributed by atoms with Crippen LogP contribution in [0.4, 0.5) is 13.2 Å². The summed E-state index contributed by atoms with van der Waals surface area (Å²) in [7, 11) is -5.58. The quantitative estimate of drug-likeness (QED) is 0.534. The fourth-order valence-corrected chi connectivity index (χ4v) is 1.11. The molecule has 0 unspecified atom stereocenters. The molecule has 80 valence electrons. The standard InChI is InChI=1S/C6H5F3O4S/c7-6(8,9)14(10,11)13-5-2-1-3-12-4-5/h1,3-4H,2H2. The molecule has 14 heavy (non-hydrogen) atoms. The van der Waals surface area contributed by atoms with Crippen molar-refractivity contribution in [1.82, 2.24) is 0 Å². The van der Waals surface area contributed by atoms with Gasteiger partial charge in [0.2, 0.25) is 0 Å². The summed E-state index contributed by atoms with van der Waals surface area (Å²) >= 11 is 0. The van der Waals surface area contributed by atoms with Gasteiger partial charge in [0.25, 0.3) is 0 Å². The summed E-state index contributed by atoms with van der Waals surface area (Å²) < 4.78 is 64.5. The molecule has 0 radical (unpaired) electrons. The van der Waals surface area contributed by atoms with Gasteiger partial charge in [-0.05, 0) is 6.08 Å². The highest BCUT2D eigenvalue weighted by Gasteiger charge is 2.48. The van der Waals surface area contributed by atoms with E-state index in [2.05, 4.69) is 8.92 Å². The third-order valence-electron chi connectivity index (χ3n) is 1.19. The zero-order valence-corrected chi connectivity index (χ0v) is 7.43. The molecule has 8 heteroatoms. The Morgan fingerprint density at radius 2 is 2.07 bits per heavy atom. The first kappa shape index (κ1) is 10.9. The second kappa shape index (κ2) is 3.52. The van der Waals surface area contributed by atoms with Gasteiger partial charge < -0.3 is 8.92 Å². The Bertz CT molecular complexity index is 365. The molecule has 0 amide bonds. The van der Waals surface area contributed by atoms with Gasteiger partial charge in [-0.3, -0.25) is 0 Å². The monoisotopic (exact) mass is 230 g/mol. The molecule has 0 saturated heterocycles. The minimum atomic E-state index is -5.58. The highest BCUT2D eigenvalue weighted by molar-refractivity contribution is 7.87. The van der Waals surface area contributed by atoms with Crippen LogP contribution in [0.5, 0.6) is 0 Å². The van der Waals surface area contributed by atoms with E-state index < -0.39 is 21.4 Å². The summed E-state index contributed by atoms with van der Waals surface area (Å²) in [5.74, 6) is -0.412. The molecule has 0 aromatic heterocycles. The number of hydrogen-bond acceptors (Lipinski definition) is 4. The van der Waals surface area contributed by atoms with E-state index in [4.69, 9.17) is 0 Å². The van der Waals surface area contributed by atoms with Gasteiger partial charge in [-0.1, -0.05) is 0 Å². The van der Waals surface area contributed by atoms with Gasteiger partial charge in [-0.15, -0.1) is 0 Å². The summed E-state index contributed by atoms with van der Waals surface area (Å²) in [4.78, 5) is 0. The maximum atomic E-state index is 11.8. The van der Waals surface area contributed by atoms with Crippen molar-refractivity contribution < 1.29 is 30.5 Å². The van der Waals surface area contributed by atoms with Gasteiger partial charge in [0, 0.05) is 6.42 Å². The maximum Gasteiger partial charge on any atom is 0.534 e. The summed E-state index contributed by atoms with van der Waals surface area (Å²) in [5.41, 5.74) is -5.42. The Morgan fingerprint density at radius 3 is 2.50 bits per heavy atom. The molecule has 0 bridgehead atoms. The number of hydrogen-bond donors (Lipinski definition) is 0. The van der Waals surface area contributed by atoms with E-state index in [0.717, 1.165) is 6.26 Å². The number of ether oxygens (including phenoxy) is 1. The first-order valence-corrected chi connectivity index (χ1v) is 4.74. The molecule has 1 aliphatic rings. The van der Waals surface area contributed by atoms with Crippen LogP contribution in [0.15, 0.2) is 24.4 Å². The maximum absolute atomic E-state index is 11.8. The van der Waals surface area contributed by atoms with Crippen LogP contribution in [0.1, 0.15) is 6.42 Å². The van der Waals surface area contributed by atoms with E-state index in [1.165, 1.54) is 12.3 Å². The van der Waals surface area contributed by atoms with Gasteiger partial charge in [-0.25, -0.2) is 0 Å². The Morgan fingerprint density at radius 1 is 1.43 bits per heavy atom. The van der Waals surface area contributed by atoms with Gasteiger partial charge in [0.05, 0.1) is 6.26 Å². The lowest BCUT2D eigenvalue weighted by Gasteiger charge is -2.12. The lowest BCUT2D eigenvalue weighted by molar-refractivity contribution is -0.0524. The van der Waals surface area contributed by atoms with E-state index in [9.17, 15) is 21.6 Å². The normalized spacial score (nSPS) is 17.2. The molecule has 0 fully saturated rings. The molecule has 0 aromatic rings. The molecule has 1 rings (SSSR count). The van der Waals surface area contributed by atoms with E-state index in [0.29, 0.717) is 0 Å². The molecule has 0 spiro atoms. The highest BCUT2D eigenvalue weighted by atomic mass is 32.2. The zero-order valence-electron chi connectivity index (χ0n) is 6.61. The Balaban J connectivity index is 2.74. The average molecular weight is 230 g/mol. The first-order valence-electron chi connectivity index (χ1n) is 3.33. The fourth-order valence-electron chi connectivity index (χ4n) is 0.625. The van der Waals surface area contributed by atoms with Crippen molar-refractivity contribution in [3.05, 3.63) is 24.4 Å². The summed E-state index contributed by atoms with van der Waals surface area (Å²) in [6.45, 7) is 0. The van der Waals surface area contributed by atoms with Crippen LogP contribution in [-0.4, -0.2) is 13.9 Å². The van der Waals surface area contributed by atoms with E-state index >= 15 is 0 Å². The highest BCUT2D eigenvalue weighted by Crippen LogP contribution is 2.27. The molecular formula is C6H5F3O4S. The van der Waals surface area contributed by atoms with Crippen molar-refractivity contribution in [1.29, 1.82) is 0 Å². The number of rotatable bonds is 2. The first-order chi connectivity index (χ1) is 6.33. The van der Waals surface area contributed by atoms with Crippen LogP contribution in [0, 0.1) is 0 Å². The predicted molar refractivity (Wildman–Crippen MR) is 39.0 cm³/mol. The second-order valence-corrected chi connectivity index (χ2v) is 3.82. The van der Waals surface area contributed by atoms with Crippen molar-refractivity contribution >= 4 is 10.1 Å². The van der Waals surface area contributed by atoms with Crippen LogP contribution < -0.4 is 0 Å². The van der Waals surface area contributed by atoms with Crippen LogP contribution >= 0.6 is 0 Å². The molecule has 0 saturated carbocycles. The van der Waals surface area contributed by atoms with Crippen molar-refractivity contribution in [2.75, 3.05) is 0 Å². The summed E-state index contributed by atoms with van der Waals surface area (Å²) in [5, 5.41) is 0. The molecule has 0 aromatic carbocycles. The fraction of sp³-hybridized carbons (Fsp3) is 0.333. The third kappa shape index (κ3) is 2.41. The van der Waals surface area contributed by atoms with Crippen molar-refractivity contribution in [2.45, 2.75) is 11.9 Å². The Hall–Kier alpha value is -1.18. The van der Waals surface area contributed by atoms with E-state index in [-0.39, 0.29) is 6.42 Å². The summed E-state index contributed by atoms with van der Waals surface area (Å²) in [6.07, 6.45) is 3.26. The molecular weight excluding hydrogens is 225 g/mol. The van der Waals surface area contributed by atoms with Gasteiger partial charge in [0.1, 0.15) is 6.26 Å². The number of halogens is 3. The minimum Gasteiger partial charge on any atom is -0.469 e. The molecule has 0 N–H and O–H groups in total. The number of allylic oxidation sites excluding steroid dienone is 1. The van der Waals surface area contributed by atoms with Gasteiger partial charge >= 0.3 is 15.6 Å². The molecule has 1 heterocycles. The lowest BCUT2D eigenvalue weighted by atomic mass is 10.3. The van der Waals surface area contributed by atoms with Crippen LogP contribution in [0.3, 0.4) is 0 Å². The SMILES string of the molecule is O=S(=O)(OC1=COC=CC1)C(F)(F)F. The molecule has 4 nitrogen and oxygen atoms in total. The largest absolute Gasteiger partial charge is 0.534 e. The topological polar surface area (TPSA) is 52.6 Å². The average Bonchev–Trinajstić information content (AvgIpc) is 2.03. The van der Waals surface area contributed by atoms with Crippen molar-refractivity contribution in [2.24, 2.45) is 0 Å². The molecule has 1 aliphatic heterocycles. The van der Waals surface area contributed by atoms with Crippen LogP contribution in [-0.2, 0) is 19.0 Å². The van der Waals surface area contributed by atoms with Crippen LogP contribution in [0.25, 0.3) is 0 Å². The zero-order chi connectivity index (χ0) is 10.8. The van der Waals surface area contributed by atoms with E-state index in [1.54, 1.807) is 0 Å². The molecule has 0 atom stereocenters. The van der Waals surface area contributed by atoms with Gasteiger partial charge in [-0.2, -0.15) is 21.6 Å². The second-order valence-electron chi connectivity index (χ2n) is 2.28. The Labute approximate surface area is 77.7 Å².